The molecular weight excluding hydrogens is 471 g/mol. The van der Waals surface area contributed by atoms with Gasteiger partial charge in [-0.1, -0.05) is 0 Å². The number of alkyl halides is 1. The van der Waals surface area contributed by atoms with E-state index in [4.69, 9.17) is 10.5 Å². The fourth-order valence-electron chi connectivity index (χ4n) is 3.88. The van der Waals surface area contributed by atoms with Gasteiger partial charge in [-0.05, 0) is 37.5 Å². The lowest BCUT2D eigenvalue weighted by atomic mass is 10.0. The molecule has 0 spiro atoms. The van der Waals surface area contributed by atoms with E-state index in [1.165, 1.54) is 18.5 Å². The largest absolute Gasteiger partial charge is 0.389 e. The normalized spacial score (nSPS) is 22.9. The lowest BCUT2D eigenvalue weighted by Gasteiger charge is -2.19. The number of aliphatic hydroxyl groups is 2. The quantitative estimate of drug-likeness (QED) is 0.385. The lowest BCUT2D eigenvalue weighted by Crippen LogP contribution is -2.32. The van der Waals surface area contributed by atoms with Crippen molar-refractivity contribution in [1.82, 2.24) is 14.8 Å². The van der Waals surface area contributed by atoms with Crippen molar-refractivity contribution in [3.8, 4) is 10.6 Å². The highest BCUT2D eigenvalue weighted by molar-refractivity contribution is 7.13. The fraction of sp³-hybridized carbons (Fsp3) is 0.455. The molecule has 1 aliphatic heterocycles. The summed E-state index contributed by atoms with van der Waals surface area (Å²) in [5, 5.41) is 28.9. The molecule has 0 aliphatic carbocycles. The fourth-order valence-corrected chi connectivity index (χ4v) is 4.77. The second-order valence-corrected chi connectivity index (χ2v) is 9.16. The first-order chi connectivity index (χ1) is 16.2. The van der Waals surface area contributed by atoms with Crippen LogP contribution in [0.4, 0.5) is 18.9 Å². The minimum absolute atomic E-state index is 0.0458. The molecule has 5 N–H and O–H groups in total. The van der Waals surface area contributed by atoms with Crippen molar-refractivity contribution in [3.05, 3.63) is 52.3 Å². The molecule has 3 aromatic rings. The van der Waals surface area contributed by atoms with Crippen molar-refractivity contribution in [3.63, 3.8) is 0 Å². The Bertz CT molecular complexity index is 1120. The average molecular weight is 498 g/mol. The number of aromatic nitrogens is 3. The first-order valence-corrected chi connectivity index (χ1v) is 11.6. The molecule has 1 unspecified atom stereocenters. The molecule has 184 valence electrons. The van der Waals surface area contributed by atoms with Crippen LogP contribution in [0.5, 0.6) is 0 Å². The number of nitrogens with two attached hydrogens (primary N) is 1. The number of hydrogen-bond acceptors (Lipinski definition) is 8. The van der Waals surface area contributed by atoms with E-state index in [0.29, 0.717) is 24.2 Å². The van der Waals surface area contributed by atoms with Gasteiger partial charge in [0.15, 0.2) is 6.23 Å². The first-order valence-electron chi connectivity index (χ1n) is 10.8. The van der Waals surface area contributed by atoms with Gasteiger partial charge in [0.25, 0.3) is 0 Å². The van der Waals surface area contributed by atoms with E-state index in [0.717, 1.165) is 23.5 Å². The Morgan fingerprint density at radius 2 is 1.97 bits per heavy atom. The molecule has 2 aromatic heterocycles. The SMILES string of the molecule is C[C@H](O)c1cc(F)c(-c2nc(C(O)Nc3cnn(C)c3[C@@H]3CC[C@@H](N)[C@H](F)CO3)cs2)c(F)c1. The summed E-state index contributed by atoms with van der Waals surface area (Å²) >= 11 is 0.970. The number of halogens is 3. The van der Waals surface area contributed by atoms with E-state index in [1.54, 1.807) is 11.7 Å². The van der Waals surface area contributed by atoms with Gasteiger partial charge in [0.05, 0.1) is 35.9 Å². The number of hydrogen-bond donors (Lipinski definition) is 4. The van der Waals surface area contributed by atoms with Gasteiger partial charge >= 0.3 is 0 Å². The summed E-state index contributed by atoms with van der Waals surface area (Å²) in [5.74, 6) is -1.72. The molecule has 0 bridgehead atoms. The number of thiazole rings is 1. The van der Waals surface area contributed by atoms with Gasteiger partial charge in [-0.15, -0.1) is 11.3 Å². The highest BCUT2D eigenvalue weighted by Crippen LogP contribution is 2.35. The minimum Gasteiger partial charge on any atom is -0.389 e. The van der Waals surface area contributed by atoms with E-state index >= 15 is 0 Å². The Balaban J connectivity index is 1.54. The second-order valence-electron chi connectivity index (χ2n) is 8.31. The molecule has 12 heteroatoms. The zero-order valence-corrected chi connectivity index (χ0v) is 19.4. The summed E-state index contributed by atoms with van der Waals surface area (Å²) in [5.41, 5.74) is 6.82. The average Bonchev–Trinajstić information content (AvgIpc) is 3.36. The highest BCUT2D eigenvalue weighted by Gasteiger charge is 2.30. The first kappa shape index (κ1) is 24.6. The van der Waals surface area contributed by atoms with Crippen LogP contribution in [-0.4, -0.2) is 43.8 Å². The molecule has 4 rings (SSSR count). The maximum atomic E-state index is 14.5. The molecule has 0 saturated carbocycles. The molecule has 1 saturated heterocycles. The molecular formula is C22H26F3N5O3S. The molecule has 0 radical (unpaired) electrons. The predicted molar refractivity (Wildman–Crippen MR) is 121 cm³/mol. The third-order valence-corrected chi connectivity index (χ3v) is 6.71. The Morgan fingerprint density at radius 1 is 1.26 bits per heavy atom. The predicted octanol–water partition coefficient (Wildman–Crippen LogP) is 3.50. The van der Waals surface area contributed by atoms with Crippen LogP contribution in [0.2, 0.25) is 0 Å². The highest BCUT2D eigenvalue weighted by atomic mass is 32.1. The Kier molecular flexibility index (Phi) is 7.24. The van der Waals surface area contributed by atoms with Gasteiger partial charge in [0.1, 0.15) is 34.6 Å². The van der Waals surface area contributed by atoms with Crippen molar-refractivity contribution in [2.24, 2.45) is 12.8 Å². The summed E-state index contributed by atoms with van der Waals surface area (Å²) < 4.78 is 50.3. The van der Waals surface area contributed by atoms with Gasteiger partial charge in [-0.3, -0.25) is 4.68 Å². The molecule has 0 amide bonds. The van der Waals surface area contributed by atoms with Gasteiger partial charge in [0, 0.05) is 18.5 Å². The Morgan fingerprint density at radius 3 is 2.65 bits per heavy atom. The number of aryl methyl sites for hydroxylation is 1. The van der Waals surface area contributed by atoms with Crippen molar-refractivity contribution in [1.29, 1.82) is 0 Å². The molecule has 1 fully saturated rings. The van der Waals surface area contributed by atoms with Gasteiger partial charge < -0.3 is 26.0 Å². The summed E-state index contributed by atoms with van der Waals surface area (Å²) in [7, 11) is 1.71. The van der Waals surface area contributed by atoms with Crippen LogP contribution < -0.4 is 11.1 Å². The zero-order valence-electron chi connectivity index (χ0n) is 18.6. The van der Waals surface area contributed by atoms with E-state index in [1.807, 2.05) is 0 Å². The summed E-state index contributed by atoms with van der Waals surface area (Å²) in [6.45, 7) is 1.27. The van der Waals surface area contributed by atoms with E-state index < -0.39 is 42.3 Å². The topological polar surface area (TPSA) is 118 Å². The standard InChI is InChI=1S/C22H26F3N5O3S/c1-10(31)11-5-12(23)19(13(24)6-11)22-29-17(9-34-22)21(32)28-16-7-27-30(2)20(16)18-4-3-15(26)14(25)8-33-18/h5-7,9-10,14-15,18,21,28,31-32H,3-4,8,26H2,1-2H3/t10-,14+,15+,18-,21?/m0/s1. The van der Waals surface area contributed by atoms with Gasteiger partial charge in [0.2, 0.25) is 0 Å². The summed E-state index contributed by atoms with van der Waals surface area (Å²) in [4.78, 5) is 4.20. The van der Waals surface area contributed by atoms with Crippen molar-refractivity contribution in [2.75, 3.05) is 11.9 Å². The van der Waals surface area contributed by atoms with E-state index in [9.17, 15) is 23.4 Å². The smallest absolute Gasteiger partial charge is 0.169 e. The van der Waals surface area contributed by atoms with Gasteiger partial charge in [-0.2, -0.15) is 5.10 Å². The number of nitrogens with one attached hydrogen (secondary N) is 1. The third-order valence-electron chi connectivity index (χ3n) is 5.83. The molecule has 5 atom stereocenters. The van der Waals surface area contributed by atoms with Crippen molar-refractivity contribution >= 4 is 17.0 Å². The molecule has 1 aromatic carbocycles. The molecule has 8 nitrogen and oxygen atoms in total. The minimum atomic E-state index is -1.31. The maximum Gasteiger partial charge on any atom is 0.169 e. The van der Waals surface area contributed by atoms with Crippen LogP contribution >= 0.6 is 11.3 Å². The number of ether oxygens (including phenoxy) is 1. The Hall–Kier alpha value is -2.51. The summed E-state index contributed by atoms with van der Waals surface area (Å²) in [6, 6.07) is 1.51. The number of nitrogens with zero attached hydrogens (tertiary/aromatic N) is 3. The van der Waals surface area contributed by atoms with Crippen LogP contribution in [-0.2, 0) is 11.8 Å². The van der Waals surface area contributed by atoms with Crippen LogP contribution in [0.1, 0.15) is 55.2 Å². The van der Waals surface area contributed by atoms with Crippen LogP contribution in [0, 0.1) is 11.6 Å². The van der Waals surface area contributed by atoms with Crippen LogP contribution in [0.25, 0.3) is 10.6 Å². The lowest BCUT2D eigenvalue weighted by molar-refractivity contribution is 0.0246. The third kappa shape index (κ3) is 4.96. The van der Waals surface area contributed by atoms with Crippen LogP contribution in [0.15, 0.2) is 23.7 Å². The monoisotopic (exact) mass is 497 g/mol. The van der Waals surface area contributed by atoms with Crippen LogP contribution in [0.3, 0.4) is 0 Å². The number of anilines is 1. The van der Waals surface area contributed by atoms with Crippen molar-refractivity contribution in [2.45, 2.75) is 50.4 Å². The second kappa shape index (κ2) is 10.0. The van der Waals surface area contributed by atoms with E-state index in [2.05, 4.69) is 15.4 Å². The van der Waals surface area contributed by atoms with E-state index in [-0.39, 0.29) is 28.4 Å². The molecule has 1 aliphatic rings. The molecule has 3 heterocycles. The van der Waals surface area contributed by atoms with Crippen molar-refractivity contribution < 1.29 is 28.1 Å². The number of aliphatic hydroxyl groups excluding tert-OH is 2. The number of benzene rings is 1. The maximum absolute atomic E-state index is 14.5. The summed E-state index contributed by atoms with van der Waals surface area (Å²) in [6.07, 6.45) is -1.65. The zero-order chi connectivity index (χ0) is 24.6. The van der Waals surface area contributed by atoms with Gasteiger partial charge in [-0.25, -0.2) is 18.2 Å². The molecule has 34 heavy (non-hydrogen) atoms. The Labute approximate surface area is 198 Å². The number of rotatable bonds is 6.